The minimum Gasteiger partial charge on any atom is -0.367 e. The standard InChI is InChI=1S/C11H15FN2/c1-8-4-2-5-9(8)13-11-7-3-6-10(12)14-11/h3,6-9H,2,4-5H2,1H3,(H,13,14). The minimum absolute atomic E-state index is 0.416. The molecule has 1 N–H and O–H groups in total. The van der Waals surface area contributed by atoms with Gasteiger partial charge in [0.25, 0.3) is 0 Å². The topological polar surface area (TPSA) is 24.9 Å². The molecule has 14 heavy (non-hydrogen) atoms. The zero-order valence-electron chi connectivity index (χ0n) is 8.33. The number of anilines is 1. The van der Waals surface area contributed by atoms with Gasteiger partial charge in [-0.15, -0.1) is 0 Å². The first kappa shape index (κ1) is 9.44. The summed E-state index contributed by atoms with van der Waals surface area (Å²) in [5.74, 6) is 0.907. The molecule has 0 saturated heterocycles. The number of halogens is 1. The van der Waals surface area contributed by atoms with Crippen molar-refractivity contribution in [2.24, 2.45) is 5.92 Å². The molecule has 2 unspecified atom stereocenters. The van der Waals surface area contributed by atoms with Crippen molar-refractivity contribution >= 4 is 5.82 Å². The molecule has 76 valence electrons. The van der Waals surface area contributed by atoms with Gasteiger partial charge in [0.2, 0.25) is 5.95 Å². The maximum atomic E-state index is 12.8. The Labute approximate surface area is 83.6 Å². The van der Waals surface area contributed by atoms with Crippen LogP contribution in [0.25, 0.3) is 0 Å². The van der Waals surface area contributed by atoms with Crippen LogP contribution in [-0.2, 0) is 0 Å². The highest BCUT2D eigenvalue weighted by Gasteiger charge is 2.23. The normalized spacial score (nSPS) is 26.4. The molecular formula is C11H15FN2. The SMILES string of the molecule is CC1CCCC1Nc1cccc(F)n1. The lowest BCUT2D eigenvalue weighted by Crippen LogP contribution is -2.22. The highest BCUT2D eigenvalue weighted by Crippen LogP contribution is 2.27. The number of pyridine rings is 1. The molecule has 1 fully saturated rings. The fourth-order valence-corrected chi connectivity index (χ4v) is 2.04. The Morgan fingerprint density at radius 1 is 1.43 bits per heavy atom. The van der Waals surface area contributed by atoms with E-state index in [0.29, 0.717) is 17.8 Å². The third kappa shape index (κ3) is 2.03. The Kier molecular flexibility index (Phi) is 2.66. The van der Waals surface area contributed by atoms with E-state index in [9.17, 15) is 4.39 Å². The summed E-state index contributed by atoms with van der Waals surface area (Å²) in [5, 5.41) is 3.28. The first-order chi connectivity index (χ1) is 6.75. The molecular weight excluding hydrogens is 179 g/mol. The maximum Gasteiger partial charge on any atom is 0.214 e. The fourth-order valence-electron chi connectivity index (χ4n) is 2.04. The van der Waals surface area contributed by atoms with Crippen molar-refractivity contribution in [1.82, 2.24) is 4.98 Å². The van der Waals surface area contributed by atoms with E-state index in [1.807, 2.05) is 6.07 Å². The van der Waals surface area contributed by atoms with Crippen molar-refractivity contribution in [3.05, 3.63) is 24.1 Å². The van der Waals surface area contributed by atoms with Gasteiger partial charge in [0.05, 0.1) is 0 Å². The third-order valence-electron chi connectivity index (χ3n) is 2.91. The molecule has 0 radical (unpaired) electrons. The van der Waals surface area contributed by atoms with E-state index in [2.05, 4.69) is 17.2 Å². The van der Waals surface area contributed by atoms with E-state index in [1.54, 1.807) is 6.07 Å². The van der Waals surface area contributed by atoms with Crippen molar-refractivity contribution in [3.63, 3.8) is 0 Å². The van der Waals surface area contributed by atoms with Crippen LogP contribution in [0, 0.1) is 11.9 Å². The van der Waals surface area contributed by atoms with Crippen LogP contribution in [0.3, 0.4) is 0 Å². The lowest BCUT2D eigenvalue weighted by molar-refractivity contribution is 0.548. The summed E-state index contributed by atoms with van der Waals surface area (Å²) in [7, 11) is 0. The van der Waals surface area contributed by atoms with Crippen LogP contribution in [0.2, 0.25) is 0 Å². The highest BCUT2D eigenvalue weighted by molar-refractivity contribution is 5.35. The van der Waals surface area contributed by atoms with Crippen LogP contribution in [0.15, 0.2) is 18.2 Å². The molecule has 0 bridgehead atoms. The van der Waals surface area contributed by atoms with Crippen molar-refractivity contribution < 1.29 is 4.39 Å². The van der Waals surface area contributed by atoms with Gasteiger partial charge in [0.15, 0.2) is 0 Å². The molecule has 0 amide bonds. The average Bonchev–Trinajstić information content (AvgIpc) is 2.52. The molecule has 0 aromatic carbocycles. The summed E-state index contributed by atoms with van der Waals surface area (Å²) in [5.41, 5.74) is 0. The third-order valence-corrected chi connectivity index (χ3v) is 2.91. The second-order valence-electron chi connectivity index (χ2n) is 4.00. The number of hydrogen-bond acceptors (Lipinski definition) is 2. The molecule has 1 heterocycles. The predicted molar refractivity (Wildman–Crippen MR) is 54.6 cm³/mol. The number of nitrogens with zero attached hydrogens (tertiary/aromatic N) is 1. The van der Waals surface area contributed by atoms with E-state index < -0.39 is 5.95 Å². The Balaban J connectivity index is 2.03. The van der Waals surface area contributed by atoms with E-state index in [0.717, 1.165) is 0 Å². The average molecular weight is 194 g/mol. The van der Waals surface area contributed by atoms with Gasteiger partial charge in [-0.05, 0) is 30.9 Å². The van der Waals surface area contributed by atoms with Gasteiger partial charge in [0.1, 0.15) is 5.82 Å². The largest absolute Gasteiger partial charge is 0.367 e. The molecule has 2 nitrogen and oxygen atoms in total. The minimum atomic E-state index is -0.416. The summed E-state index contributed by atoms with van der Waals surface area (Å²) in [6.07, 6.45) is 3.68. The summed E-state index contributed by atoms with van der Waals surface area (Å²) in [6, 6.07) is 5.33. The van der Waals surface area contributed by atoms with Crippen molar-refractivity contribution in [2.45, 2.75) is 32.2 Å². The van der Waals surface area contributed by atoms with Crippen LogP contribution in [-0.4, -0.2) is 11.0 Å². The second kappa shape index (κ2) is 3.95. The van der Waals surface area contributed by atoms with E-state index in [-0.39, 0.29) is 0 Å². The van der Waals surface area contributed by atoms with E-state index >= 15 is 0 Å². The molecule has 0 aliphatic heterocycles. The molecule has 0 spiro atoms. The second-order valence-corrected chi connectivity index (χ2v) is 4.00. The number of hydrogen-bond donors (Lipinski definition) is 1. The van der Waals surface area contributed by atoms with Gasteiger partial charge in [0, 0.05) is 6.04 Å². The lowest BCUT2D eigenvalue weighted by Gasteiger charge is -2.17. The van der Waals surface area contributed by atoms with Crippen LogP contribution < -0.4 is 5.32 Å². The Hall–Kier alpha value is -1.12. The van der Waals surface area contributed by atoms with Gasteiger partial charge in [-0.1, -0.05) is 19.4 Å². The number of rotatable bonds is 2. The van der Waals surface area contributed by atoms with Gasteiger partial charge < -0.3 is 5.32 Å². The molecule has 1 aromatic heterocycles. The summed E-state index contributed by atoms with van der Waals surface area (Å²) < 4.78 is 12.8. The quantitative estimate of drug-likeness (QED) is 0.732. The fraction of sp³-hybridized carbons (Fsp3) is 0.545. The highest BCUT2D eigenvalue weighted by atomic mass is 19.1. The maximum absolute atomic E-state index is 12.8. The molecule has 1 aliphatic rings. The summed E-state index contributed by atoms with van der Waals surface area (Å²) in [4.78, 5) is 3.79. The number of aromatic nitrogens is 1. The van der Waals surface area contributed by atoms with E-state index in [1.165, 1.54) is 25.3 Å². The summed E-state index contributed by atoms with van der Waals surface area (Å²) >= 11 is 0. The van der Waals surface area contributed by atoms with Crippen LogP contribution >= 0.6 is 0 Å². The molecule has 3 heteroatoms. The van der Waals surface area contributed by atoms with Gasteiger partial charge in [-0.2, -0.15) is 4.39 Å². The molecule has 2 rings (SSSR count). The zero-order valence-corrected chi connectivity index (χ0v) is 8.33. The molecule has 1 aromatic rings. The van der Waals surface area contributed by atoms with Gasteiger partial charge in [-0.3, -0.25) is 0 Å². The zero-order chi connectivity index (χ0) is 9.97. The first-order valence-electron chi connectivity index (χ1n) is 5.15. The van der Waals surface area contributed by atoms with Crippen LogP contribution in [0.1, 0.15) is 26.2 Å². The van der Waals surface area contributed by atoms with Crippen LogP contribution in [0.4, 0.5) is 10.2 Å². The lowest BCUT2D eigenvalue weighted by atomic mass is 10.1. The monoisotopic (exact) mass is 194 g/mol. The Morgan fingerprint density at radius 3 is 2.93 bits per heavy atom. The van der Waals surface area contributed by atoms with E-state index in [4.69, 9.17) is 0 Å². The van der Waals surface area contributed by atoms with Gasteiger partial charge >= 0.3 is 0 Å². The van der Waals surface area contributed by atoms with Crippen molar-refractivity contribution in [2.75, 3.05) is 5.32 Å². The molecule has 1 saturated carbocycles. The predicted octanol–water partition coefficient (Wildman–Crippen LogP) is 2.82. The first-order valence-corrected chi connectivity index (χ1v) is 5.15. The number of nitrogens with one attached hydrogen (secondary N) is 1. The molecule has 2 atom stereocenters. The van der Waals surface area contributed by atoms with Crippen molar-refractivity contribution in [1.29, 1.82) is 0 Å². The molecule has 1 aliphatic carbocycles. The summed E-state index contributed by atoms with van der Waals surface area (Å²) in [6.45, 7) is 2.23. The van der Waals surface area contributed by atoms with Crippen LogP contribution in [0.5, 0.6) is 0 Å². The Bertz CT molecular complexity index is 314. The van der Waals surface area contributed by atoms with Gasteiger partial charge in [-0.25, -0.2) is 4.98 Å². The van der Waals surface area contributed by atoms with Crippen molar-refractivity contribution in [3.8, 4) is 0 Å². The smallest absolute Gasteiger partial charge is 0.214 e. The Morgan fingerprint density at radius 2 is 2.29 bits per heavy atom.